The van der Waals surface area contributed by atoms with Crippen LogP contribution < -0.4 is 5.32 Å². The van der Waals surface area contributed by atoms with E-state index in [0.29, 0.717) is 11.7 Å². The first kappa shape index (κ1) is 11.2. The summed E-state index contributed by atoms with van der Waals surface area (Å²) in [7, 11) is -0.908. The van der Waals surface area contributed by atoms with Gasteiger partial charge >= 0.3 is 0 Å². The predicted molar refractivity (Wildman–Crippen MR) is 59.5 cm³/mol. The molecular weight excluding hydrogens is 178 g/mol. The smallest absolute Gasteiger partial charge is 0.193 e. The summed E-state index contributed by atoms with van der Waals surface area (Å²) >= 11 is 0. The Morgan fingerprint density at radius 1 is 1.38 bits per heavy atom. The molecule has 2 unspecified atom stereocenters. The van der Waals surface area contributed by atoms with E-state index < -0.39 is 9.04 Å². The fraction of sp³-hybridized carbons (Fsp3) is 1.00. The molecule has 2 nitrogen and oxygen atoms in total. The van der Waals surface area contributed by atoms with Crippen LogP contribution in [0.2, 0.25) is 6.04 Å². The van der Waals surface area contributed by atoms with Gasteiger partial charge in [-0.2, -0.15) is 0 Å². The van der Waals surface area contributed by atoms with Gasteiger partial charge < -0.3 is 9.74 Å². The van der Waals surface area contributed by atoms with Gasteiger partial charge in [0.2, 0.25) is 0 Å². The third kappa shape index (κ3) is 3.79. The molecular formula is C10H23NOSi. The molecule has 2 atom stereocenters. The van der Waals surface area contributed by atoms with E-state index in [1.54, 1.807) is 0 Å². The van der Waals surface area contributed by atoms with Crippen molar-refractivity contribution >= 4 is 9.04 Å². The van der Waals surface area contributed by atoms with Gasteiger partial charge in [-0.15, -0.1) is 0 Å². The predicted octanol–water partition coefficient (Wildman–Crippen LogP) is 1.84. The maximum absolute atomic E-state index is 5.91. The van der Waals surface area contributed by atoms with Crippen molar-refractivity contribution in [2.24, 2.45) is 0 Å². The molecule has 1 heterocycles. The fourth-order valence-corrected chi connectivity index (χ4v) is 5.09. The lowest BCUT2D eigenvalue weighted by Crippen LogP contribution is -2.48. The number of rotatable bonds is 4. The topological polar surface area (TPSA) is 21.3 Å². The SMILES string of the molecule is CCC(NC(C)C)[SiH]1CCCCO1. The van der Waals surface area contributed by atoms with Crippen LogP contribution in [0.25, 0.3) is 0 Å². The summed E-state index contributed by atoms with van der Waals surface area (Å²) in [6.45, 7) is 7.73. The number of hydrogen-bond donors (Lipinski definition) is 1. The number of nitrogens with one attached hydrogen (secondary N) is 1. The Morgan fingerprint density at radius 2 is 2.15 bits per heavy atom. The van der Waals surface area contributed by atoms with Crippen LogP contribution in [0.3, 0.4) is 0 Å². The highest BCUT2D eigenvalue weighted by Crippen LogP contribution is 2.15. The Balaban J connectivity index is 2.34. The quantitative estimate of drug-likeness (QED) is 0.701. The van der Waals surface area contributed by atoms with Gasteiger partial charge in [-0.05, 0) is 18.9 Å². The molecule has 0 bridgehead atoms. The van der Waals surface area contributed by atoms with Crippen molar-refractivity contribution in [1.82, 2.24) is 5.32 Å². The van der Waals surface area contributed by atoms with Gasteiger partial charge in [0.25, 0.3) is 0 Å². The van der Waals surface area contributed by atoms with E-state index in [2.05, 4.69) is 26.1 Å². The van der Waals surface area contributed by atoms with Crippen molar-refractivity contribution < 1.29 is 4.43 Å². The summed E-state index contributed by atoms with van der Waals surface area (Å²) in [4.78, 5) is 0. The molecule has 78 valence electrons. The highest BCUT2D eigenvalue weighted by atomic mass is 28.3. The third-order valence-corrected chi connectivity index (χ3v) is 5.85. The zero-order valence-electron chi connectivity index (χ0n) is 9.18. The Hall–Kier alpha value is 0.137. The molecule has 0 spiro atoms. The molecule has 1 fully saturated rings. The summed E-state index contributed by atoms with van der Waals surface area (Å²) in [5.41, 5.74) is 0.695. The van der Waals surface area contributed by atoms with E-state index in [0.717, 1.165) is 6.61 Å². The van der Waals surface area contributed by atoms with E-state index >= 15 is 0 Å². The van der Waals surface area contributed by atoms with Crippen molar-refractivity contribution in [1.29, 1.82) is 0 Å². The van der Waals surface area contributed by atoms with Crippen LogP contribution in [0.15, 0.2) is 0 Å². The first-order valence-electron chi connectivity index (χ1n) is 5.61. The molecule has 0 aromatic carbocycles. The minimum atomic E-state index is -0.908. The standard InChI is InChI=1S/C10H23NOSi/c1-4-10(11-9(2)3)13-8-6-5-7-12-13/h9-11,13H,4-8H2,1-3H3. The monoisotopic (exact) mass is 201 g/mol. The minimum Gasteiger partial charge on any atom is -0.418 e. The Morgan fingerprint density at radius 3 is 2.62 bits per heavy atom. The van der Waals surface area contributed by atoms with E-state index in [1.807, 2.05) is 0 Å². The molecule has 0 saturated carbocycles. The Labute approximate surface area is 83.8 Å². The molecule has 0 radical (unpaired) electrons. The maximum Gasteiger partial charge on any atom is 0.193 e. The van der Waals surface area contributed by atoms with Crippen molar-refractivity contribution in [3.05, 3.63) is 0 Å². The highest BCUT2D eigenvalue weighted by molar-refractivity contribution is 6.53. The van der Waals surface area contributed by atoms with Gasteiger partial charge in [0.15, 0.2) is 9.04 Å². The summed E-state index contributed by atoms with van der Waals surface area (Å²) in [5.74, 6) is 0. The molecule has 1 aliphatic heterocycles. The van der Waals surface area contributed by atoms with Crippen molar-refractivity contribution in [2.45, 2.75) is 57.8 Å². The van der Waals surface area contributed by atoms with E-state index in [9.17, 15) is 0 Å². The second-order valence-electron chi connectivity index (χ2n) is 4.24. The van der Waals surface area contributed by atoms with Crippen LogP contribution in [0.4, 0.5) is 0 Å². The molecule has 1 N–H and O–H groups in total. The van der Waals surface area contributed by atoms with Crippen molar-refractivity contribution in [2.75, 3.05) is 6.61 Å². The van der Waals surface area contributed by atoms with Gasteiger partial charge in [-0.25, -0.2) is 0 Å². The molecule has 1 aliphatic rings. The maximum atomic E-state index is 5.91. The van der Waals surface area contributed by atoms with Crippen molar-refractivity contribution in [3.8, 4) is 0 Å². The second-order valence-corrected chi connectivity index (χ2v) is 7.03. The summed E-state index contributed by atoms with van der Waals surface area (Å²) in [6, 6.07) is 1.97. The first-order chi connectivity index (χ1) is 6.24. The van der Waals surface area contributed by atoms with Gasteiger partial charge in [0, 0.05) is 18.3 Å². The first-order valence-corrected chi connectivity index (χ1v) is 7.57. The lowest BCUT2D eigenvalue weighted by Gasteiger charge is -2.30. The fourth-order valence-electron chi connectivity index (χ4n) is 2.00. The van der Waals surface area contributed by atoms with Gasteiger partial charge in [0.1, 0.15) is 0 Å². The average Bonchev–Trinajstić information content (AvgIpc) is 2.15. The third-order valence-electron chi connectivity index (χ3n) is 2.65. The summed E-state index contributed by atoms with van der Waals surface area (Å²) in [5, 5.41) is 3.64. The molecule has 3 heteroatoms. The zero-order chi connectivity index (χ0) is 9.68. The molecule has 0 amide bonds. The van der Waals surface area contributed by atoms with Gasteiger partial charge in [0.05, 0.1) is 0 Å². The van der Waals surface area contributed by atoms with Gasteiger partial charge in [-0.1, -0.05) is 27.2 Å². The highest BCUT2D eigenvalue weighted by Gasteiger charge is 2.25. The molecule has 1 rings (SSSR count). The van der Waals surface area contributed by atoms with Crippen LogP contribution in [0.5, 0.6) is 0 Å². The van der Waals surface area contributed by atoms with E-state index in [4.69, 9.17) is 4.43 Å². The molecule has 1 saturated heterocycles. The molecule has 0 aliphatic carbocycles. The normalized spacial score (nSPS) is 26.3. The number of hydrogen-bond acceptors (Lipinski definition) is 2. The Kier molecular flexibility index (Phi) is 4.99. The van der Waals surface area contributed by atoms with Crippen LogP contribution >= 0.6 is 0 Å². The molecule has 0 aromatic rings. The summed E-state index contributed by atoms with van der Waals surface area (Å²) < 4.78 is 5.91. The van der Waals surface area contributed by atoms with Crippen LogP contribution in [0.1, 0.15) is 40.0 Å². The summed E-state index contributed by atoms with van der Waals surface area (Å²) in [6.07, 6.45) is 3.91. The largest absolute Gasteiger partial charge is 0.418 e. The lowest BCUT2D eigenvalue weighted by atomic mass is 10.3. The molecule has 0 aromatic heterocycles. The van der Waals surface area contributed by atoms with Crippen LogP contribution in [-0.4, -0.2) is 27.4 Å². The van der Waals surface area contributed by atoms with Crippen molar-refractivity contribution in [3.63, 3.8) is 0 Å². The van der Waals surface area contributed by atoms with Gasteiger partial charge in [-0.3, -0.25) is 0 Å². The average molecular weight is 201 g/mol. The minimum absolute atomic E-state index is 0.600. The van der Waals surface area contributed by atoms with Crippen LogP contribution in [-0.2, 0) is 4.43 Å². The Bertz CT molecular complexity index is 135. The van der Waals surface area contributed by atoms with Crippen LogP contribution in [0, 0.1) is 0 Å². The second kappa shape index (κ2) is 5.78. The van der Waals surface area contributed by atoms with E-state index in [1.165, 1.54) is 25.3 Å². The lowest BCUT2D eigenvalue weighted by molar-refractivity contribution is 0.271. The zero-order valence-corrected chi connectivity index (χ0v) is 10.3. The molecule has 13 heavy (non-hydrogen) atoms. The van der Waals surface area contributed by atoms with E-state index in [-0.39, 0.29) is 0 Å².